The van der Waals surface area contributed by atoms with Crippen LogP contribution in [0.15, 0.2) is 4.90 Å². The summed E-state index contributed by atoms with van der Waals surface area (Å²) in [4.78, 5) is 2.80. The van der Waals surface area contributed by atoms with E-state index in [9.17, 15) is 8.42 Å². The van der Waals surface area contributed by atoms with E-state index >= 15 is 0 Å². The number of hydrogen-bond donors (Lipinski definition) is 1. The zero-order chi connectivity index (χ0) is 19.6. The van der Waals surface area contributed by atoms with Crippen molar-refractivity contribution in [3.8, 4) is 0 Å². The molecule has 0 radical (unpaired) electrons. The van der Waals surface area contributed by atoms with Crippen molar-refractivity contribution in [1.29, 1.82) is 0 Å². The van der Waals surface area contributed by atoms with Gasteiger partial charge in [0.1, 0.15) is 0 Å². The standard InChI is InChI=1S/C20H34N2O3S/c1-13-11-22(12-14(2)25-13)10-8-9-21-26(23,24)20-18(6)16(4)15(3)17(5)19(20)7/h13-14,21H,8-12H2,1-7H3/t13-,14-/m0/s1. The van der Waals surface area contributed by atoms with Gasteiger partial charge in [-0.2, -0.15) is 0 Å². The summed E-state index contributed by atoms with van der Waals surface area (Å²) in [5.74, 6) is 0. The molecule has 0 saturated carbocycles. The summed E-state index contributed by atoms with van der Waals surface area (Å²) in [6, 6.07) is 0. The molecule has 5 nitrogen and oxygen atoms in total. The topological polar surface area (TPSA) is 58.6 Å². The maximum Gasteiger partial charge on any atom is 0.241 e. The third-order valence-corrected chi connectivity index (χ3v) is 7.37. The first-order valence-electron chi connectivity index (χ1n) is 9.49. The first kappa shape index (κ1) is 21.4. The summed E-state index contributed by atoms with van der Waals surface area (Å²) >= 11 is 0. The average Bonchev–Trinajstić information content (AvgIpc) is 2.54. The molecular formula is C20H34N2O3S. The molecule has 26 heavy (non-hydrogen) atoms. The van der Waals surface area contributed by atoms with E-state index in [1.165, 1.54) is 5.56 Å². The van der Waals surface area contributed by atoms with Crippen molar-refractivity contribution in [2.45, 2.75) is 72.0 Å². The molecule has 148 valence electrons. The van der Waals surface area contributed by atoms with E-state index in [-0.39, 0.29) is 12.2 Å². The highest BCUT2D eigenvalue weighted by atomic mass is 32.2. The number of benzene rings is 1. The zero-order valence-corrected chi connectivity index (χ0v) is 18.1. The molecule has 1 saturated heterocycles. The molecule has 6 heteroatoms. The van der Waals surface area contributed by atoms with Gasteiger partial charge in [-0.3, -0.25) is 4.90 Å². The van der Waals surface area contributed by atoms with E-state index in [1.807, 2.05) is 27.7 Å². The molecule has 0 spiro atoms. The third kappa shape index (κ3) is 4.66. The molecule has 2 rings (SSSR count). The maximum atomic E-state index is 12.9. The van der Waals surface area contributed by atoms with Crippen LogP contribution in [0.2, 0.25) is 0 Å². The molecule has 1 aromatic carbocycles. The lowest BCUT2D eigenvalue weighted by Gasteiger charge is -2.35. The minimum absolute atomic E-state index is 0.235. The molecule has 0 amide bonds. The molecule has 1 fully saturated rings. The van der Waals surface area contributed by atoms with E-state index in [4.69, 9.17) is 4.74 Å². The van der Waals surface area contributed by atoms with Gasteiger partial charge >= 0.3 is 0 Å². The zero-order valence-electron chi connectivity index (χ0n) is 17.3. The monoisotopic (exact) mass is 382 g/mol. The van der Waals surface area contributed by atoms with Gasteiger partial charge < -0.3 is 4.74 Å². The van der Waals surface area contributed by atoms with Gasteiger partial charge in [0.2, 0.25) is 10.0 Å². The van der Waals surface area contributed by atoms with Gasteiger partial charge in [-0.25, -0.2) is 13.1 Å². The highest BCUT2D eigenvalue weighted by molar-refractivity contribution is 7.89. The Morgan fingerprint density at radius 2 is 1.38 bits per heavy atom. The van der Waals surface area contributed by atoms with Crippen LogP contribution in [0.25, 0.3) is 0 Å². The average molecular weight is 383 g/mol. The summed E-state index contributed by atoms with van der Waals surface area (Å²) in [5, 5.41) is 0. The van der Waals surface area contributed by atoms with Crippen LogP contribution in [0.3, 0.4) is 0 Å². The maximum absolute atomic E-state index is 12.9. The van der Waals surface area contributed by atoms with Gasteiger partial charge in [0.15, 0.2) is 0 Å². The van der Waals surface area contributed by atoms with Crippen LogP contribution in [-0.2, 0) is 14.8 Å². The number of hydrogen-bond acceptors (Lipinski definition) is 4. The number of nitrogens with zero attached hydrogens (tertiary/aromatic N) is 1. The SMILES string of the molecule is Cc1c(C)c(C)c(S(=O)(=O)NCCCN2C[C@H](C)O[C@@H](C)C2)c(C)c1C. The quantitative estimate of drug-likeness (QED) is 0.769. The fourth-order valence-electron chi connectivity index (χ4n) is 3.92. The molecule has 1 aliphatic heterocycles. The van der Waals surface area contributed by atoms with Crippen LogP contribution in [0.4, 0.5) is 0 Å². The van der Waals surface area contributed by atoms with Crippen LogP contribution in [0.1, 0.15) is 48.1 Å². The Bertz CT molecular complexity index is 720. The second-order valence-electron chi connectivity index (χ2n) is 7.72. The Kier molecular flexibility index (Phi) is 6.88. The van der Waals surface area contributed by atoms with Crippen molar-refractivity contribution in [2.24, 2.45) is 0 Å². The van der Waals surface area contributed by atoms with Crippen molar-refractivity contribution in [2.75, 3.05) is 26.2 Å². The molecule has 1 aliphatic rings. The van der Waals surface area contributed by atoms with E-state index in [1.54, 1.807) is 0 Å². The molecule has 2 atom stereocenters. The van der Waals surface area contributed by atoms with E-state index in [2.05, 4.69) is 30.4 Å². The number of sulfonamides is 1. The third-order valence-electron chi connectivity index (χ3n) is 5.64. The van der Waals surface area contributed by atoms with Crippen molar-refractivity contribution in [3.05, 3.63) is 27.8 Å². The van der Waals surface area contributed by atoms with Crippen molar-refractivity contribution in [3.63, 3.8) is 0 Å². The molecule has 1 heterocycles. The first-order valence-corrected chi connectivity index (χ1v) is 11.0. The lowest BCUT2D eigenvalue weighted by atomic mass is 9.95. The van der Waals surface area contributed by atoms with Crippen molar-refractivity contribution in [1.82, 2.24) is 9.62 Å². The fourth-order valence-corrected chi connectivity index (χ4v) is 5.59. The van der Waals surface area contributed by atoms with Crippen LogP contribution < -0.4 is 4.72 Å². The molecular weight excluding hydrogens is 348 g/mol. The first-order chi connectivity index (χ1) is 12.0. The van der Waals surface area contributed by atoms with E-state index < -0.39 is 10.0 Å². The number of rotatable bonds is 6. The molecule has 0 unspecified atom stereocenters. The second kappa shape index (κ2) is 8.38. The van der Waals surface area contributed by atoms with Crippen LogP contribution in [0, 0.1) is 34.6 Å². The van der Waals surface area contributed by atoms with Crippen LogP contribution >= 0.6 is 0 Å². The number of morpholine rings is 1. The van der Waals surface area contributed by atoms with Gasteiger partial charge in [0.05, 0.1) is 17.1 Å². The van der Waals surface area contributed by atoms with E-state index in [0.717, 1.165) is 48.3 Å². The number of ether oxygens (including phenoxy) is 1. The highest BCUT2D eigenvalue weighted by Crippen LogP contribution is 2.29. The largest absolute Gasteiger partial charge is 0.373 e. The summed E-state index contributed by atoms with van der Waals surface area (Å²) in [7, 11) is -3.50. The van der Waals surface area contributed by atoms with Gasteiger partial charge in [0.25, 0.3) is 0 Å². The second-order valence-corrected chi connectivity index (χ2v) is 9.43. The van der Waals surface area contributed by atoms with Crippen molar-refractivity contribution < 1.29 is 13.2 Å². The lowest BCUT2D eigenvalue weighted by Crippen LogP contribution is -2.46. The predicted octanol–water partition coefficient (Wildman–Crippen LogP) is 3.01. The highest BCUT2D eigenvalue weighted by Gasteiger charge is 2.24. The normalized spacial score (nSPS) is 22.0. The predicted molar refractivity (Wildman–Crippen MR) is 106 cm³/mol. The van der Waals surface area contributed by atoms with E-state index in [0.29, 0.717) is 11.4 Å². The van der Waals surface area contributed by atoms with Crippen LogP contribution in [0.5, 0.6) is 0 Å². The molecule has 0 bridgehead atoms. The van der Waals surface area contributed by atoms with Gasteiger partial charge in [-0.1, -0.05) is 0 Å². The summed E-state index contributed by atoms with van der Waals surface area (Å²) in [6.07, 6.45) is 1.26. The molecule has 1 aromatic rings. The Morgan fingerprint density at radius 1 is 0.923 bits per heavy atom. The van der Waals surface area contributed by atoms with Gasteiger partial charge in [0, 0.05) is 19.6 Å². The Hall–Kier alpha value is -0.950. The summed E-state index contributed by atoms with van der Waals surface area (Å²) < 4.78 is 34.3. The van der Waals surface area contributed by atoms with Crippen molar-refractivity contribution >= 4 is 10.0 Å². The summed E-state index contributed by atoms with van der Waals surface area (Å²) in [5.41, 5.74) is 5.01. The fraction of sp³-hybridized carbons (Fsp3) is 0.700. The Labute approximate surface area is 159 Å². The number of nitrogens with one attached hydrogen (secondary N) is 1. The smallest absolute Gasteiger partial charge is 0.241 e. The Morgan fingerprint density at radius 3 is 1.88 bits per heavy atom. The minimum atomic E-state index is -3.50. The Balaban J connectivity index is 2.02. The minimum Gasteiger partial charge on any atom is -0.373 e. The molecule has 0 aliphatic carbocycles. The van der Waals surface area contributed by atoms with Gasteiger partial charge in [-0.05, 0) is 89.2 Å². The van der Waals surface area contributed by atoms with Crippen LogP contribution in [-0.4, -0.2) is 51.7 Å². The lowest BCUT2D eigenvalue weighted by molar-refractivity contribution is -0.0679. The molecule has 1 N–H and O–H groups in total. The molecule has 0 aromatic heterocycles. The summed E-state index contributed by atoms with van der Waals surface area (Å²) in [6.45, 7) is 17.2. The van der Waals surface area contributed by atoms with Gasteiger partial charge in [-0.15, -0.1) is 0 Å².